The zero-order valence-corrected chi connectivity index (χ0v) is 16.2. The van der Waals surface area contributed by atoms with Crippen molar-refractivity contribution >= 4 is 23.9 Å². The number of nitrogens with one attached hydrogen (secondary N) is 2. The summed E-state index contributed by atoms with van der Waals surface area (Å²) < 4.78 is 10.6. The molecule has 148 valence electrons. The molecule has 0 radical (unpaired) electrons. The van der Waals surface area contributed by atoms with Crippen LogP contribution < -0.4 is 5.32 Å². The fourth-order valence-corrected chi connectivity index (χ4v) is 2.26. The van der Waals surface area contributed by atoms with E-state index in [9.17, 15) is 14.4 Å². The highest BCUT2D eigenvalue weighted by atomic mass is 16.6. The Labute approximate surface area is 156 Å². The summed E-state index contributed by atoms with van der Waals surface area (Å²) in [4.78, 5) is 38.6. The van der Waals surface area contributed by atoms with E-state index in [4.69, 9.17) is 9.47 Å². The molecule has 1 saturated heterocycles. The number of esters is 1. The molecule has 2 N–H and O–H groups in total. The van der Waals surface area contributed by atoms with Gasteiger partial charge in [0.2, 0.25) is 0 Å². The van der Waals surface area contributed by atoms with E-state index in [-0.39, 0.29) is 17.9 Å². The van der Waals surface area contributed by atoms with Gasteiger partial charge in [0.05, 0.1) is 0 Å². The van der Waals surface area contributed by atoms with Crippen molar-refractivity contribution in [3.63, 3.8) is 0 Å². The number of hydrogen-bond donors (Lipinski definition) is 2. The highest BCUT2D eigenvalue weighted by Gasteiger charge is 2.47. The van der Waals surface area contributed by atoms with Crippen LogP contribution >= 0.6 is 0 Å². The molecule has 0 unspecified atom stereocenters. The maximum Gasteiger partial charge on any atom is 0.418 e. The summed E-state index contributed by atoms with van der Waals surface area (Å²) in [6.07, 6.45) is 0.388. The molecular weight excluding hydrogens is 356 g/mol. The number of H-pyrrole nitrogens is 1. The Morgan fingerprint density at radius 2 is 1.81 bits per heavy atom. The van der Waals surface area contributed by atoms with Gasteiger partial charge in [0.25, 0.3) is 11.9 Å². The molecule has 0 bridgehead atoms. The molecule has 1 atom stereocenters. The molecule has 2 heterocycles. The van der Waals surface area contributed by atoms with Crippen molar-refractivity contribution in [1.82, 2.24) is 25.5 Å². The molecule has 0 aliphatic carbocycles. The van der Waals surface area contributed by atoms with Crippen molar-refractivity contribution in [2.24, 2.45) is 0 Å². The highest BCUT2D eigenvalue weighted by molar-refractivity contribution is 6.09. The Hall–Kier alpha value is -2.98. The lowest BCUT2D eigenvalue weighted by Gasteiger charge is -2.28. The number of imide groups is 1. The van der Waals surface area contributed by atoms with Gasteiger partial charge in [-0.1, -0.05) is 5.10 Å². The van der Waals surface area contributed by atoms with Gasteiger partial charge in [-0.15, -0.1) is 5.10 Å². The molecule has 0 aromatic carbocycles. The van der Waals surface area contributed by atoms with Crippen LogP contribution in [0.25, 0.3) is 0 Å². The largest absolute Gasteiger partial charge is 0.458 e. The summed E-state index contributed by atoms with van der Waals surface area (Å²) in [5.74, 6) is -1.21. The second-order valence-corrected chi connectivity index (χ2v) is 7.96. The predicted octanol–water partition coefficient (Wildman–Crippen LogP) is 1.37. The number of nitrogens with zero attached hydrogens (tertiary/aromatic N) is 4. The summed E-state index contributed by atoms with van der Waals surface area (Å²) in [7, 11) is 0. The van der Waals surface area contributed by atoms with Crippen LogP contribution in [-0.4, -0.2) is 60.7 Å². The number of tetrazole rings is 1. The van der Waals surface area contributed by atoms with E-state index < -0.39 is 35.2 Å². The molecule has 2 rings (SSSR count). The summed E-state index contributed by atoms with van der Waals surface area (Å²) in [6.45, 7) is 10.1. The van der Waals surface area contributed by atoms with Gasteiger partial charge in [0.15, 0.2) is 0 Å². The Kier molecular flexibility index (Phi) is 5.52. The first-order valence-corrected chi connectivity index (χ1v) is 8.36. The Morgan fingerprint density at radius 1 is 1.19 bits per heavy atom. The van der Waals surface area contributed by atoms with Gasteiger partial charge >= 0.3 is 12.1 Å². The van der Waals surface area contributed by atoms with E-state index in [0.717, 1.165) is 4.90 Å². The third kappa shape index (κ3) is 5.50. The number of rotatable bonds is 3. The molecule has 1 aliphatic heterocycles. The minimum atomic E-state index is -1.12. The third-order valence-corrected chi connectivity index (χ3v) is 3.21. The number of aromatic nitrogens is 4. The lowest BCUT2D eigenvalue weighted by molar-refractivity contribution is -0.161. The maximum atomic E-state index is 12.7. The number of ether oxygens (including phenoxy) is 2. The van der Waals surface area contributed by atoms with Crippen LogP contribution in [0.1, 0.15) is 48.0 Å². The molecular formula is C16H24N6O5. The minimum Gasteiger partial charge on any atom is -0.458 e. The van der Waals surface area contributed by atoms with Crippen LogP contribution in [-0.2, 0) is 19.1 Å². The van der Waals surface area contributed by atoms with Gasteiger partial charge in [0.1, 0.15) is 17.2 Å². The zero-order valence-electron chi connectivity index (χ0n) is 16.2. The SMILES string of the molecule is CC(C)(C)OC(=O)[C@@H]1C/C(=C\Nc2nn[nH]n2)C(=O)N1C(=O)OC(C)(C)C. The van der Waals surface area contributed by atoms with Crippen molar-refractivity contribution in [3.8, 4) is 0 Å². The first-order valence-electron chi connectivity index (χ1n) is 8.36. The standard InChI is InChI=1S/C16H24N6O5/c1-15(2,3)26-12(24)10-7-9(8-17-13-18-20-21-19-13)11(23)22(10)14(25)27-16(4,5)6/h8,10H,7H2,1-6H3,(H2,17,18,19,20,21)/b9-8+/t10-/m0/s1. The number of anilines is 1. The van der Waals surface area contributed by atoms with Crippen LogP contribution in [0.4, 0.5) is 10.7 Å². The Bertz CT molecular complexity index is 744. The van der Waals surface area contributed by atoms with Gasteiger partial charge in [-0.25, -0.2) is 14.5 Å². The molecule has 2 amide bonds. The summed E-state index contributed by atoms with van der Waals surface area (Å²) in [5.41, 5.74) is -1.41. The van der Waals surface area contributed by atoms with Crippen molar-refractivity contribution in [1.29, 1.82) is 0 Å². The predicted molar refractivity (Wildman–Crippen MR) is 93.2 cm³/mol. The van der Waals surface area contributed by atoms with Crippen molar-refractivity contribution < 1.29 is 23.9 Å². The lowest BCUT2D eigenvalue weighted by Crippen LogP contribution is -2.47. The second kappa shape index (κ2) is 7.33. The smallest absolute Gasteiger partial charge is 0.418 e. The van der Waals surface area contributed by atoms with Crippen LogP contribution in [0.2, 0.25) is 0 Å². The van der Waals surface area contributed by atoms with E-state index in [1.807, 2.05) is 0 Å². The van der Waals surface area contributed by atoms with Gasteiger partial charge in [-0.3, -0.25) is 4.79 Å². The van der Waals surface area contributed by atoms with Crippen molar-refractivity contribution in [2.75, 3.05) is 5.32 Å². The quantitative estimate of drug-likeness (QED) is 0.587. The number of aromatic amines is 1. The maximum absolute atomic E-state index is 12.7. The lowest BCUT2D eigenvalue weighted by atomic mass is 10.1. The molecule has 1 aliphatic rings. The Balaban J connectivity index is 2.27. The summed E-state index contributed by atoms with van der Waals surface area (Å²) in [6, 6.07) is -1.12. The van der Waals surface area contributed by atoms with Gasteiger partial charge in [0, 0.05) is 18.2 Å². The van der Waals surface area contributed by atoms with Crippen molar-refractivity contribution in [2.45, 2.75) is 65.2 Å². The zero-order chi connectivity index (χ0) is 20.4. The number of amides is 2. The third-order valence-electron chi connectivity index (χ3n) is 3.21. The molecule has 27 heavy (non-hydrogen) atoms. The van der Waals surface area contributed by atoms with E-state index in [1.54, 1.807) is 41.5 Å². The molecule has 1 fully saturated rings. The van der Waals surface area contributed by atoms with E-state index in [1.165, 1.54) is 6.20 Å². The van der Waals surface area contributed by atoms with Crippen LogP contribution in [0.5, 0.6) is 0 Å². The van der Waals surface area contributed by atoms with Crippen LogP contribution in [0, 0.1) is 0 Å². The number of likely N-dealkylation sites (tertiary alicyclic amines) is 1. The van der Waals surface area contributed by atoms with E-state index in [2.05, 4.69) is 25.9 Å². The fraction of sp³-hybridized carbons (Fsp3) is 0.625. The minimum absolute atomic E-state index is 0.0299. The summed E-state index contributed by atoms with van der Waals surface area (Å²) in [5, 5.41) is 15.7. The average molecular weight is 380 g/mol. The topological polar surface area (TPSA) is 139 Å². The molecule has 1 aromatic rings. The fourth-order valence-electron chi connectivity index (χ4n) is 2.26. The molecule has 1 aromatic heterocycles. The van der Waals surface area contributed by atoms with Crippen LogP contribution in [0.3, 0.4) is 0 Å². The first kappa shape index (κ1) is 20.3. The monoisotopic (exact) mass is 380 g/mol. The van der Waals surface area contributed by atoms with Crippen molar-refractivity contribution in [3.05, 3.63) is 11.8 Å². The van der Waals surface area contributed by atoms with E-state index >= 15 is 0 Å². The Morgan fingerprint density at radius 3 is 2.33 bits per heavy atom. The molecule has 0 spiro atoms. The van der Waals surface area contributed by atoms with Gasteiger partial charge < -0.3 is 14.8 Å². The number of carbonyl (C=O) groups excluding carboxylic acids is 3. The van der Waals surface area contributed by atoms with Crippen LogP contribution in [0.15, 0.2) is 11.8 Å². The first-order chi connectivity index (χ1) is 12.4. The highest BCUT2D eigenvalue weighted by Crippen LogP contribution is 2.28. The van der Waals surface area contributed by atoms with Gasteiger partial charge in [-0.05, 0) is 46.8 Å². The second-order valence-electron chi connectivity index (χ2n) is 7.96. The average Bonchev–Trinajstić information content (AvgIpc) is 3.09. The molecule has 11 heteroatoms. The molecule has 11 nitrogen and oxygen atoms in total. The normalized spacial score (nSPS) is 19.3. The molecule has 0 saturated carbocycles. The van der Waals surface area contributed by atoms with Gasteiger partial charge in [-0.2, -0.15) is 5.21 Å². The summed E-state index contributed by atoms with van der Waals surface area (Å²) >= 11 is 0. The van der Waals surface area contributed by atoms with E-state index in [0.29, 0.717) is 0 Å². The number of hydrogen-bond acceptors (Lipinski definition) is 9. The number of carbonyl (C=O) groups is 3.